The highest BCUT2D eigenvalue weighted by Crippen LogP contribution is 2.39. The summed E-state index contributed by atoms with van der Waals surface area (Å²) in [7, 11) is -2.53. The lowest BCUT2D eigenvalue weighted by atomic mass is 10.1. The lowest BCUT2D eigenvalue weighted by molar-refractivity contribution is -0.119. The number of carbonyl (C=O) groups is 3. The first-order valence-corrected chi connectivity index (χ1v) is 13.8. The predicted octanol–water partition coefficient (Wildman–Crippen LogP) is 4.24. The molecule has 1 heterocycles. The van der Waals surface area contributed by atoms with E-state index in [1.807, 2.05) is 13.0 Å². The number of sulfonamides is 1. The molecule has 11 heteroatoms. The number of aryl methyl sites for hydroxylation is 3. The Morgan fingerprint density at radius 2 is 1.73 bits per heavy atom. The number of rotatable bonds is 8. The van der Waals surface area contributed by atoms with Gasteiger partial charge < -0.3 is 14.8 Å². The monoisotopic (exact) mass is 542 g/mol. The molecule has 1 aromatic heterocycles. The first kappa shape index (κ1) is 26.4. The number of anilines is 2. The molecule has 0 radical (unpaired) electrons. The maximum atomic E-state index is 12.8. The number of hydrogen-bond acceptors (Lipinski definition) is 8. The van der Waals surface area contributed by atoms with Gasteiger partial charge in [-0.15, -0.1) is 11.3 Å². The second kappa shape index (κ2) is 10.7. The number of fused-ring (bicyclic) bond motifs is 1. The van der Waals surface area contributed by atoms with Gasteiger partial charge in [-0.25, -0.2) is 18.0 Å². The number of thiophene rings is 1. The van der Waals surface area contributed by atoms with E-state index in [0.29, 0.717) is 16.1 Å². The zero-order chi connectivity index (χ0) is 26.7. The maximum Gasteiger partial charge on any atom is 0.341 e. The van der Waals surface area contributed by atoms with Gasteiger partial charge in [-0.05, 0) is 80.1 Å². The summed E-state index contributed by atoms with van der Waals surface area (Å²) >= 11 is 1.33. The van der Waals surface area contributed by atoms with Crippen molar-refractivity contribution in [3.05, 3.63) is 75.2 Å². The Bertz CT molecular complexity index is 1480. The Morgan fingerprint density at radius 3 is 2.43 bits per heavy atom. The van der Waals surface area contributed by atoms with E-state index in [9.17, 15) is 22.8 Å². The van der Waals surface area contributed by atoms with Crippen LogP contribution in [-0.2, 0) is 37.1 Å². The summed E-state index contributed by atoms with van der Waals surface area (Å²) in [6.45, 7) is 2.97. The number of benzene rings is 2. The van der Waals surface area contributed by atoms with Crippen LogP contribution in [0.4, 0.5) is 10.7 Å². The second-order valence-electron chi connectivity index (χ2n) is 8.63. The number of amides is 1. The van der Waals surface area contributed by atoms with Crippen LogP contribution in [0.3, 0.4) is 0 Å². The fourth-order valence-electron chi connectivity index (χ4n) is 4.07. The van der Waals surface area contributed by atoms with Crippen LogP contribution >= 0.6 is 11.3 Å². The lowest BCUT2D eigenvalue weighted by Gasteiger charge is -2.12. The quantitative estimate of drug-likeness (QED) is 0.408. The summed E-state index contributed by atoms with van der Waals surface area (Å²) in [6.07, 6.45) is 2.53. The minimum absolute atomic E-state index is 0.146. The van der Waals surface area contributed by atoms with Crippen molar-refractivity contribution in [3.8, 4) is 0 Å². The van der Waals surface area contributed by atoms with E-state index in [0.717, 1.165) is 35.3 Å². The summed E-state index contributed by atoms with van der Waals surface area (Å²) < 4.78 is 38.0. The molecule has 0 bridgehead atoms. The van der Waals surface area contributed by atoms with Gasteiger partial charge in [-0.1, -0.05) is 12.1 Å². The number of nitrogens with one attached hydrogen (secondary N) is 2. The molecular formula is C26H26N2O7S2. The summed E-state index contributed by atoms with van der Waals surface area (Å²) in [5.41, 5.74) is 3.11. The molecule has 0 fully saturated rings. The van der Waals surface area contributed by atoms with E-state index in [1.54, 1.807) is 19.1 Å². The standard InChI is InChI=1S/C26H26N2O7S2/c1-15-7-8-16(2)21(13-15)37(32,33)28-18-11-9-17(10-12-18)25(30)35-14-22(29)27-24-23(26(31)34-3)19-5-4-6-20(19)36-24/h7-13,28H,4-6,14H2,1-3H3,(H,27,29). The molecule has 9 nitrogen and oxygen atoms in total. The van der Waals surface area contributed by atoms with Crippen LogP contribution in [0.25, 0.3) is 0 Å². The van der Waals surface area contributed by atoms with Crippen molar-refractivity contribution in [3.63, 3.8) is 0 Å². The third-order valence-electron chi connectivity index (χ3n) is 5.90. The van der Waals surface area contributed by atoms with Crippen molar-refractivity contribution >= 4 is 49.9 Å². The first-order chi connectivity index (χ1) is 17.6. The molecule has 0 aliphatic heterocycles. The fraction of sp³-hybridized carbons (Fsp3) is 0.269. The van der Waals surface area contributed by atoms with Gasteiger partial charge >= 0.3 is 11.9 Å². The van der Waals surface area contributed by atoms with Crippen LogP contribution < -0.4 is 10.0 Å². The highest BCUT2D eigenvalue weighted by Gasteiger charge is 2.28. The molecule has 0 saturated heterocycles. The first-order valence-electron chi connectivity index (χ1n) is 11.5. The van der Waals surface area contributed by atoms with Gasteiger partial charge in [0.15, 0.2) is 6.61 Å². The molecule has 1 amide bonds. The van der Waals surface area contributed by atoms with Crippen LogP contribution in [0.5, 0.6) is 0 Å². The van der Waals surface area contributed by atoms with Crippen LogP contribution in [0.1, 0.15) is 48.7 Å². The molecule has 3 aromatic rings. The molecule has 0 spiro atoms. The minimum atomic E-state index is -3.81. The average Bonchev–Trinajstić information content (AvgIpc) is 3.44. The Labute approximate surface area is 218 Å². The number of hydrogen-bond donors (Lipinski definition) is 2. The van der Waals surface area contributed by atoms with E-state index >= 15 is 0 Å². The molecule has 0 unspecified atom stereocenters. The van der Waals surface area contributed by atoms with Gasteiger partial charge in [0, 0.05) is 10.6 Å². The van der Waals surface area contributed by atoms with Crippen molar-refractivity contribution in [1.82, 2.24) is 0 Å². The zero-order valence-electron chi connectivity index (χ0n) is 20.5. The molecule has 1 aliphatic carbocycles. The predicted molar refractivity (Wildman–Crippen MR) is 140 cm³/mol. The zero-order valence-corrected chi connectivity index (χ0v) is 22.2. The highest BCUT2D eigenvalue weighted by molar-refractivity contribution is 7.92. The van der Waals surface area contributed by atoms with Gasteiger partial charge in [0.2, 0.25) is 0 Å². The highest BCUT2D eigenvalue weighted by atomic mass is 32.2. The molecular weight excluding hydrogens is 516 g/mol. The van der Waals surface area contributed by atoms with Crippen LogP contribution in [0.2, 0.25) is 0 Å². The van der Waals surface area contributed by atoms with E-state index in [-0.39, 0.29) is 16.1 Å². The topological polar surface area (TPSA) is 128 Å². The van der Waals surface area contributed by atoms with Gasteiger partial charge in [-0.3, -0.25) is 9.52 Å². The Balaban J connectivity index is 1.36. The van der Waals surface area contributed by atoms with E-state index < -0.39 is 34.5 Å². The van der Waals surface area contributed by atoms with Gasteiger partial charge in [0.05, 0.1) is 23.1 Å². The third kappa shape index (κ3) is 5.83. The molecule has 1 aliphatic rings. The molecule has 0 atom stereocenters. The SMILES string of the molecule is COC(=O)c1c(NC(=O)COC(=O)c2ccc(NS(=O)(=O)c3cc(C)ccc3C)cc2)sc2c1CCC2. The molecule has 0 saturated carbocycles. The third-order valence-corrected chi connectivity index (χ3v) is 8.63. The van der Waals surface area contributed by atoms with Gasteiger partial charge in [-0.2, -0.15) is 0 Å². The molecule has 37 heavy (non-hydrogen) atoms. The largest absolute Gasteiger partial charge is 0.465 e. The molecule has 2 N–H and O–H groups in total. The lowest BCUT2D eigenvalue weighted by Crippen LogP contribution is -2.21. The van der Waals surface area contributed by atoms with Crippen molar-refractivity contribution in [1.29, 1.82) is 0 Å². The summed E-state index contributed by atoms with van der Waals surface area (Å²) in [5, 5.41) is 3.03. The Morgan fingerprint density at radius 1 is 1.00 bits per heavy atom. The summed E-state index contributed by atoms with van der Waals surface area (Å²) in [5.74, 6) is -1.85. The Kier molecular flexibility index (Phi) is 7.65. The number of esters is 2. The van der Waals surface area contributed by atoms with Crippen LogP contribution in [0, 0.1) is 13.8 Å². The van der Waals surface area contributed by atoms with Crippen molar-refractivity contribution in [2.45, 2.75) is 38.0 Å². The Hall–Kier alpha value is -3.70. The molecule has 2 aromatic carbocycles. The van der Waals surface area contributed by atoms with Crippen LogP contribution in [-0.4, -0.2) is 40.0 Å². The van der Waals surface area contributed by atoms with Crippen molar-refractivity contribution in [2.75, 3.05) is 23.8 Å². The molecule has 4 rings (SSSR count). The summed E-state index contributed by atoms with van der Waals surface area (Å²) in [6, 6.07) is 10.8. The van der Waals surface area contributed by atoms with Gasteiger partial charge in [0.1, 0.15) is 5.00 Å². The van der Waals surface area contributed by atoms with E-state index in [1.165, 1.54) is 42.7 Å². The number of carbonyl (C=O) groups excluding carboxylic acids is 3. The fourth-order valence-corrected chi connectivity index (χ4v) is 6.75. The number of ether oxygens (including phenoxy) is 2. The smallest absolute Gasteiger partial charge is 0.341 e. The van der Waals surface area contributed by atoms with E-state index in [2.05, 4.69) is 10.0 Å². The van der Waals surface area contributed by atoms with Gasteiger partial charge in [0.25, 0.3) is 15.9 Å². The van der Waals surface area contributed by atoms with Crippen LogP contribution in [0.15, 0.2) is 47.4 Å². The minimum Gasteiger partial charge on any atom is -0.465 e. The van der Waals surface area contributed by atoms with Crippen molar-refractivity contribution < 1.29 is 32.3 Å². The molecule has 194 valence electrons. The summed E-state index contributed by atoms with van der Waals surface area (Å²) in [4.78, 5) is 38.3. The van der Waals surface area contributed by atoms with Crippen molar-refractivity contribution in [2.24, 2.45) is 0 Å². The average molecular weight is 543 g/mol. The normalized spacial score (nSPS) is 12.5. The number of methoxy groups -OCH3 is 1. The second-order valence-corrected chi connectivity index (χ2v) is 11.4. The maximum absolute atomic E-state index is 12.8. The van der Waals surface area contributed by atoms with E-state index in [4.69, 9.17) is 9.47 Å².